The van der Waals surface area contributed by atoms with Crippen molar-refractivity contribution in [3.05, 3.63) is 59.3 Å². The second-order valence-corrected chi connectivity index (χ2v) is 28.4. The van der Waals surface area contributed by atoms with E-state index in [1.165, 1.54) is 18.1 Å². The van der Waals surface area contributed by atoms with E-state index in [-0.39, 0.29) is 12.0 Å². The number of carbonyl (C=O) groups is 6. The van der Waals surface area contributed by atoms with E-state index >= 15 is 0 Å². The minimum atomic E-state index is -5.83. The number of hydrogen-bond donors (Lipinski definition) is 17. The number of ether oxygens (including phenoxy) is 11. The minimum absolute atomic E-state index is 0.140. The average Bonchev–Trinajstić information content (AvgIpc) is 0.750. The largest absolute Gasteiger partial charge is 0.479 e. The summed E-state index contributed by atoms with van der Waals surface area (Å²) in [6, 6.07) is -3.94. The number of phosphoric ester groups is 1. The van der Waals surface area contributed by atoms with E-state index in [0.29, 0.717) is 12.8 Å². The maximum atomic E-state index is 14.0. The zero-order valence-corrected chi connectivity index (χ0v) is 59.3. The summed E-state index contributed by atoms with van der Waals surface area (Å²) in [5.74, 6) is -6.94. The minimum Gasteiger partial charge on any atom is -0.479 e. The molecule has 582 valence electrons. The molecule has 0 radical (unpaired) electrons. The van der Waals surface area contributed by atoms with Gasteiger partial charge in [-0.15, -0.1) is 0 Å². The molecule has 102 heavy (non-hydrogen) atoms. The van der Waals surface area contributed by atoms with Gasteiger partial charge in [0.1, 0.15) is 90.9 Å². The van der Waals surface area contributed by atoms with Crippen molar-refractivity contribution in [2.75, 3.05) is 26.4 Å². The van der Waals surface area contributed by atoms with Gasteiger partial charge in [0.25, 0.3) is 0 Å². The van der Waals surface area contributed by atoms with E-state index in [1.54, 1.807) is 13.0 Å². The first kappa shape index (κ1) is 87.3. The van der Waals surface area contributed by atoms with Crippen LogP contribution in [0.2, 0.25) is 0 Å². The van der Waals surface area contributed by atoms with E-state index in [1.807, 2.05) is 6.08 Å². The van der Waals surface area contributed by atoms with Crippen molar-refractivity contribution < 1.29 is 161 Å². The first-order valence-corrected chi connectivity index (χ1v) is 34.4. The van der Waals surface area contributed by atoms with Crippen molar-refractivity contribution in [1.29, 1.82) is 0 Å². The van der Waals surface area contributed by atoms with Crippen LogP contribution in [0.3, 0.4) is 0 Å². The molecule has 4 amide bonds. The highest BCUT2D eigenvalue weighted by molar-refractivity contribution is 7.47. The summed E-state index contributed by atoms with van der Waals surface area (Å²) in [5, 5.41) is 135. The lowest BCUT2D eigenvalue weighted by Crippen LogP contribution is -2.72. The number of carboxylic acid groups (broad SMARTS) is 2. The maximum Gasteiger partial charge on any atom is 0.474 e. The summed E-state index contributed by atoms with van der Waals surface area (Å²) in [7, 11) is -5.83. The number of allylic oxidation sites excluding steroid dienone is 8. The quantitative estimate of drug-likeness (QED) is 0.0234. The van der Waals surface area contributed by atoms with E-state index < -0.39 is 222 Å². The van der Waals surface area contributed by atoms with Crippen LogP contribution in [-0.4, -0.2) is 287 Å². The van der Waals surface area contributed by atoms with E-state index in [9.17, 15) is 99.5 Å². The van der Waals surface area contributed by atoms with Gasteiger partial charge in [0.15, 0.2) is 62.0 Å². The molecule has 0 aromatic rings. The number of carboxylic acids is 2. The molecular weight excluding hydrogens is 1380 g/mol. The normalized spacial score (nSPS) is 36.4. The topological polar surface area (TPSA) is 579 Å². The number of aliphatic hydroxyl groups excluding tert-OH is 9. The van der Waals surface area contributed by atoms with Crippen molar-refractivity contribution in [3.63, 3.8) is 0 Å². The Morgan fingerprint density at radius 3 is 1.81 bits per heavy atom. The van der Waals surface area contributed by atoms with Crippen molar-refractivity contribution >= 4 is 43.6 Å². The third-order valence-electron chi connectivity index (χ3n) is 17.5. The van der Waals surface area contributed by atoms with Crippen LogP contribution < -0.4 is 22.1 Å². The van der Waals surface area contributed by atoms with Crippen molar-refractivity contribution in [2.24, 2.45) is 16.9 Å². The lowest BCUT2D eigenvalue weighted by atomic mass is 9.85. The molecule has 0 spiro atoms. The Morgan fingerprint density at radius 2 is 1.24 bits per heavy atom. The van der Waals surface area contributed by atoms with Crippen LogP contribution in [0.4, 0.5) is 4.79 Å². The summed E-state index contributed by atoms with van der Waals surface area (Å²) >= 11 is 0. The fraction of sp³-hybridized carbons (Fsp3) is 0.750. The number of aliphatic carboxylic acids is 2. The van der Waals surface area contributed by atoms with Gasteiger partial charge in [0.2, 0.25) is 17.7 Å². The number of nitrogens with two attached hydrogens (primary N) is 2. The molecule has 0 aliphatic carbocycles. The van der Waals surface area contributed by atoms with Crippen LogP contribution in [0, 0.1) is 5.41 Å². The molecule has 5 saturated heterocycles. The fourth-order valence-electron chi connectivity index (χ4n) is 11.7. The van der Waals surface area contributed by atoms with Gasteiger partial charge in [-0.3, -0.25) is 23.4 Å². The summed E-state index contributed by atoms with van der Waals surface area (Å²) in [6.07, 6.45) is -34.5. The smallest absolute Gasteiger partial charge is 0.474 e. The van der Waals surface area contributed by atoms with Crippen LogP contribution in [-0.2, 0) is 89.7 Å². The summed E-state index contributed by atoms with van der Waals surface area (Å²) in [6.45, 7) is 16.9. The maximum absolute atomic E-state index is 14.0. The predicted molar refractivity (Wildman–Crippen MR) is 347 cm³/mol. The Bertz CT molecular complexity index is 3000. The molecular formula is C64H103N4O33P. The number of primary amides is 2. The van der Waals surface area contributed by atoms with Crippen LogP contribution >= 0.6 is 7.82 Å². The number of phosphoric acid groups is 1. The molecule has 37 nitrogen and oxygen atoms in total. The molecule has 0 saturated carbocycles. The number of rotatable bonds is 36. The molecule has 5 aliphatic heterocycles. The predicted octanol–water partition coefficient (Wildman–Crippen LogP) is -2.19. The van der Waals surface area contributed by atoms with Crippen LogP contribution in [0.15, 0.2) is 59.3 Å². The molecule has 19 N–H and O–H groups in total. The van der Waals surface area contributed by atoms with Gasteiger partial charge >= 0.3 is 25.9 Å². The Kier molecular flexibility index (Phi) is 33.2. The number of carbonyl (C=O) groups excluding carboxylic acids is 4. The summed E-state index contributed by atoms with van der Waals surface area (Å²) < 4.78 is 88.0. The number of amides is 4. The first-order chi connectivity index (χ1) is 47.5. The number of hydrogen-bond acceptors (Lipinski definition) is 30. The lowest BCUT2D eigenvalue weighted by Gasteiger charge is -2.52. The van der Waals surface area contributed by atoms with Crippen LogP contribution in [0.5, 0.6) is 0 Å². The zero-order valence-electron chi connectivity index (χ0n) is 58.4. The Labute approximate surface area is 588 Å². The highest BCUT2D eigenvalue weighted by atomic mass is 31.2. The van der Waals surface area contributed by atoms with E-state index in [4.69, 9.17) is 72.6 Å². The summed E-state index contributed by atoms with van der Waals surface area (Å²) in [5.41, 5.74) is 12.5. The SMILES string of the molecule is C=C(C/C=C(\C)CCC=C(C)C)CCC(C)(C)/C=C/CC/C(C)=C\COC(COP(=O)(O)O[C@H]1O[C@H](C(N)=O)[C@](C)(O)[C@H](OC(N)=O)[C@H]1O[C@@H]1O[C@H](CO[C@@H]2O[C@H](CO)[C@@H](O)[C@H](O)[C@H]2O)[C@@H](O[C@@H]2O[C@H](C)[C@@H](O[C@@H]3O[C@H](C(=O)O)[C@@H](O)[C@H](O)[C@H]3O)[C@H](O)[C@H]2NC(C)=O)[C@H](O)[C@H]1NC(C)=O)C(=O)O. The third kappa shape index (κ3) is 24.6. The number of nitrogens with one attached hydrogen (secondary N) is 2. The van der Waals surface area contributed by atoms with Gasteiger partial charge in [-0.1, -0.05) is 73.1 Å². The zero-order chi connectivity index (χ0) is 76.6. The van der Waals surface area contributed by atoms with Crippen LogP contribution in [0.1, 0.15) is 114 Å². The molecule has 27 atom stereocenters. The fourth-order valence-corrected chi connectivity index (χ4v) is 12.5. The molecule has 0 bridgehead atoms. The Balaban J connectivity index is 1.41. The highest BCUT2D eigenvalue weighted by Gasteiger charge is 2.62. The Hall–Kier alpha value is -5.37. The molecule has 5 rings (SSSR count). The molecule has 5 aliphatic rings. The highest BCUT2D eigenvalue weighted by Crippen LogP contribution is 2.49. The van der Waals surface area contributed by atoms with Gasteiger partial charge in [-0.25, -0.2) is 18.9 Å². The van der Waals surface area contributed by atoms with Crippen molar-refractivity contribution in [1.82, 2.24) is 10.6 Å². The molecule has 0 aromatic carbocycles. The van der Waals surface area contributed by atoms with Crippen LogP contribution in [0.25, 0.3) is 0 Å². The van der Waals surface area contributed by atoms with Gasteiger partial charge < -0.3 is 140 Å². The molecule has 2 unspecified atom stereocenters. The average molecular weight is 1490 g/mol. The second kappa shape index (κ2) is 38.8. The van der Waals surface area contributed by atoms with E-state index in [2.05, 4.69) is 70.1 Å². The summed E-state index contributed by atoms with van der Waals surface area (Å²) in [4.78, 5) is 87.5. The first-order valence-electron chi connectivity index (χ1n) is 33.0. The van der Waals surface area contributed by atoms with Crippen molar-refractivity contribution in [2.45, 2.75) is 273 Å². The van der Waals surface area contributed by atoms with E-state index in [0.717, 1.165) is 64.0 Å². The van der Waals surface area contributed by atoms with Gasteiger partial charge in [-0.2, -0.15) is 0 Å². The molecule has 0 aromatic heterocycles. The Morgan fingerprint density at radius 1 is 0.676 bits per heavy atom. The number of aliphatic hydroxyl groups is 10. The molecule has 5 heterocycles. The third-order valence-corrected chi connectivity index (χ3v) is 18.4. The van der Waals surface area contributed by atoms with Crippen molar-refractivity contribution in [3.8, 4) is 0 Å². The lowest BCUT2D eigenvalue weighted by molar-refractivity contribution is -0.375. The standard InChI is InChI=1S/C64H103N4O33P/c1-28(2)15-14-17-29(3)18-19-31(5)20-23-63(9,10)22-13-12-16-30(4)21-24-89-37(55(81)82)27-91-102(87,88)101-61-51(52(100-62(66)85)64(11,86)53(99-61)54(65)80)98-58-39(68-34(8)71)42(74)49(36(94-58)26-90-59-46(78)43(75)40(72)35(25-69)93-59)96-57-38(67-33(7)70)41(73)48(32(6)92-57)95-60-47(79)44(76)45(77)50(97-60)56(83)84/h13,15,18,21-22,32,35-53,57-61,69,72-79,86H,5,12,14,16-17,19-20,23-27H2,1-4,6-11H3,(H2,65,80)(H2,66,85)(H,67,70)(H,68,71)(H,81,82)(H,83,84)(H,87,88)/b22-13+,29-18+,30-21-/t32-,35-,36-,37?,38-,39-,40-,41-,42-,43+,44+,45+,46-,47-,48-,49-,50+,51-,52-,53-,57+,58+,59-,60-,61-,64-/m1/s1. The molecule has 5 fully saturated rings. The van der Waals surface area contributed by atoms with Gasteiger partial charge in [-0.05, 0) is 91.9 Å². The molecule has 38 heteroatoms. The monoisotopic (exact) mass is 1490 g/mol. The van der Waals surface area contributed by atoms with Gasteiger partial charge in [0, 0.05) is 13.8 Å². The van der Waals surface area contributed by atoms with Gasteiger partial charge in [0.05, 0.1) is 32.5 Å². The second-order valence-electron chi connectivity index (χ2n) is 27.0.